The molecule has 0 aliphatic carbocycles. The molecule has 0 atom stereocenters. The Labute approximate surface area is 543 Å². The van der Waals surface area contributed by atoms with Crippen LogP contribution in [0.3, 0.4) is 0 Å². The van der Waals surface area contributed by atoms with Gasteiger partial charge in [-0.15, -0.1) is 15.3 Å². The van der Waals surface area contributed by atoms with Gasteiger partial charge in [0.1, 0.15) is 30.0 Å². The van der Waals surface area contributed by atoms with Crippen molar-refractivity contribution in [3.8, 4) is 0 Å². The van der Waals surface area contributed by atoms with E-state index in [-0.39, 0.29) is 6.04 Å². The van der Waals surface area contributed by atoms with Gasteiger partial charge in [-0.25, -0.2) is 54.2 Å². The third kappa shape index (κ3) is 26.3. The van der Waals surface area contributed by atoms with Crippen molar-refractivity contribution in [2.24, 2.45) is 5.92 Å². The van der Waals surface area contributed by atoms with Crippen molar-refractivity contribution >= 4 is 44.4 Å². The predicted molar refractivity (Wildman–Crippen MR) is 369 cm³/mol. The minimum absolute atomic E-state index is 0.282. The molecule has 0 saturated carbocycles. The van der Waals surface area contributed by atoms with Crippen LogP contribution < -0.4 is 0 Å². The molecule has 0 fully saturated rings. The van der Waals surface area contributed by atoms with E-state index >= 15 is 0 Å². The van der Waals surface area contributed by atoms with E-state index in [2.05, 4.69) is 225 Å². The van der Waals surface area contributed by atoms with Crippen LogP contribution in [0, 0.1) is 5.92 Å². The average molecular weight is 1250 g/mol. The predicted octanol–water partition coefficient (Wildman–Crippen LogP) is 15.7. The van der Waals surface area contributed by atoms with Gasteiger partial charge >= 0.3 is 0 Å². The van der Waals surface area contributed by atoms with Gasteiger partial charge in [-0.3, -0.25) is 14.6 Å². The molecule has 23 heteroatoms. The fourth-order valence-corrected chi connectivity index (χ4v) is 7.66. The van der Waals surface area contributed by atoms with E-state index in [4.69, 9.17) is 0 Å². The smallest absolute Gasteiger partial charge is 0.181 e. The maximum atomic E-state index is 4.30. The maximum Gasteiger partial charge on any atom is 0.181 e. The molecule has 11 heterocycles. The topological polar surface area (TPSA) is 249 Å². The van der Waals surface area contributed by atoms with Crippen LogP contribution in [0.2, 0.25) is 0 Å². The lowest BCUT2D eigenvalue weighted by Crippen LogP contribution is -2.03. The van der Waals surface area contributed by atoms with Crippen LogP contribution >= 0.6 is 0 Å². The quantitative estimate of drug-likeness (QED) is 0.137. The summed E-state index contributed by atoms with van der Waals surface area (Å²) < 4.78 is 11.8. The lowest BCUT2D eigenvalue weighted by Gasteiger charge is -2.06. The summed E-state index contributed by atoms with van der Waals surface area (Å²) in [7, 11) is 0. The van der Waals surface area contributed by atoms with Gasteiger partial charge in [-0.05, 0) is 160 Å². The number of hydrogen-bond acceptors (Lipinski definition) is 17. The van der Waals surface area contributed by atoms with Crippen LogP contribution in [0.25, 0.3) is 44.4 Å². The van der Waals surface area contributed by atoms with Crippen LogP contribution in [0.1, 0.15) is 191 Å². The normalized spacial score (nSPS) is 10.6. The van der Waals surface area contributed by atoms with E-state index in [1.54, 1.807) is 71.5 Å². The third-order valence-electron chi connectivity index (χ3n) is 12.6. The molecule has 13 rings (SSSR count). The number of rotatable bonds is 8. The molecule has 2 aromatic carbocycles. The standard InChI is InChI=1S/C10H12N2.C9H11N3.C8H10N4.2C8H11N.C7H9N5.C6H10N2.C5H9N3.C4H4N2.C4H10/c1-8(2)12-7-11-9-5-3-4-6-10(9)12;1-7(2)12-9-6-4-3-5-8(9)10-11-12;1-6(2)12-5-11-7-3-9-4-10-8(7)12;1-7(2)8-3-5-9-6-4-8;1-7(2)8-4-3-5-9-6-8;1-5(2)12-7-6(10-11-12)3-8-4-9-7;1-6(2)8-4-3-7-5-8;1-5(2)8-4-3-6-7-8;1-2-5-4-6-3-1;1-4(2)3/h3-8H,1-2H3;3-7H,1-2H3;3-6H,1-2H3;2*3-7H,1-2H3;3-5H,1-2H3;3-6H,1-2H3;3-5H,1-2H3;1-4H;4H,1-3H3. The Morgan fingerprint density at radius 1 is 0.326 bits per heavy atom. The summed E-state index contributed by atoms with van der Waals surface area (Å²) in [6, 6.07) is 28.6. The Morgan fingerprint density at radius 2 is 0.880 bits per heavy atom. The molecule has 0 saturated heterocycles. The zero-order chi connectivity index (χ0) is 67.4. The van der Waals surface area contributed by atoms with E-state index in [1.165, 1.54) is 29.3 Å². The van der Waals surface area contributed by atoms with Crippen molar-refractivity contribution in [1.82, 2.24) is 114 Å². The van der Waals surface area contributed by atoms with Gasteiger partial charge < -0.3 is 13.7 Å². The summed E-state index contributed by atoms with van der Waals surface area (Å²) in [5.41, 5.74) is 10.3. The molecule has 0 aliphatic heterocycles. The molecule has 0 N–H and O–H groups in total. The van der Waals surface area contributed by atoms with E-state index < -0.39 is 0 Å². The number of imidazole rings is 3. The molecule has 23 nitrogen and oxygen atoms in total. The zero-order valence-corrected chi connectivity index (χ0v) is 57.4. The lowest BCUT2D eigenvalue weighted by atomic mass is 10.1. The first-order chi connectivity index (χ1) is 44.1. The van der Waals surface area contributed by atoms with Gasteiger partial charge in [-0.2, -0.15) is 0 Å². The largest absolute Gasteiger partial charge is 0.335 e. The highest BCUT2D eigenvalue weighted by molar-refractivity contribution is 5.75. The molecular formula is C69H97N23. The van der Waals surface area contributed by atoms with Crippen molar-refractivity contribution in [1.29, 1.82) is 0 Å². The Bertz CT molecular complexity index is 3480. The second-order valence-electron chi connectivity index (χ2n) is 23.8. The summed E-state index contributed by atoms with van der Waals surface area (Å²) in [4.78, 5) is 43.7. The number of pyridine rings is 2. The summed E-state index contributed by atoms with van der Waals surface area (Å²) in [5.74, 6) is 2.05. The average Bonchev–Trinajstić information content (AvgIpc) is 1.82. The highest BCUT2D eigenvalue weighted by Gasteiger charge is 2.09. The Kier molecular flexibility index (Phi) is 32.9. The lowest BCUT2D eigenvalue weighted by molar-refractivity contribution is 0.514. The minimum Gasteiger partial charge on any atom is -0.335 e. The number of hydrogen-bond donors (Lipinski definition) is 0. The molecule has 92 heavy (non-hydrogen) atoms. The second kappa shape index (κ2) is 40.7. The fourth-order valence-electron chi connectivity index (χ4n) is 7.66. The SMILES string of the molecule is CC(C)C.CC(C)c1cccnc1.CC(C)c1ccncc1.CC(C)n1ccnc1.CC(C)n1ccnn1.CC(C)n1cnc2ccccc21.CC(C)n1cnc2cncnc21.CC(C)n1nnc2ccccc21.CC(C)n1nnc2cncnc21.c1cncnc1. The molecule has 0 bridgehead atoms. The van der Waals surface area contributed by atoms with Gasteiger partial charge in [0, 0.05) is 86.0 Å². The van der Waals surface area contributed by atoms with Crippen molar-refractivity contribution in [2.45, 2.75) is 180 Å². The molecule has 0 amide bonds. The zero-order valence-electron chi connectivity index (χ0n) is 57.4. The first-order valence-electron chi connectivity index (χ1n) is 31.3. The molecule has 0 aliphatic rings. The van der Waals surface area contributed by atoms with E-state index in [0.717, 1.165) is 44.8 Å². The van der Waals surface area contributed by atoms with Gasteiger partial charge in [0.2, 0.25) is 0 Å². The molecule has 11 aromatic heterocycles. The number of aromatic nitrogens is 23. The van der Waals surface area contributed by atoms with Gasteiger partial charge in [0.15, 0.2) is 16.8 Å². The van der Waals surface area contributed by atoms with Gasteiger partial charge in [0.25, 0.3) is 0 Å². The maximum absolute atomic E-state index is 4.30. The van der Waals surface area contributed by atoms with Gasteiger partial charge in [-0.1, -0.05) is 94.4 Å². The minimum atomic E-state index is 0.282. The Hall–Kier alpha value is -9.93. The number of para-hydroxylation sites is 3. The Balaban J connectivity index is 0.000000221. The second-order valence-corrected chi connectivity index (χ2v) is 23.8. The molecular weight excluding hydrogens is 1150 g/mol. The van der Waals surface area contributed by atoms with E-state index in [1.807, 2.05) is 127 Å². The molecule has 0 unspecified atom stereocenters. The summed E-state index contributed by atoms with van der Waals surface area (Å²) in [6.07, 6.45) is 31.5. The van der Waals surface area contributed by atoms with Crippen molar-refractivity contribution in [2.75, 3.05) is 0 Å². The summed E-state index contributed by atoms with van der Waals surface area (Å²) in [5, 5.41) is 23.4. The van der Waals surface area contributed by atoms with Gasteiger partial charge in [0.05, 0.1) is 60.2 Å². The van der Waals surface area contributed by atoms with E-state index in [0.29, 0.717) is 42.0 Å². The highest BCUT2D eigenvalue weighted by atomic mass is 15.5. The van der Waals surface area contributed by atoms with Crippen LogP contribution in [-0.4, -0.2) is 114 Å². The Morgan fingerprint density at radius 3 is 1.35 bits per heavy atom. The van der Waals surface area contributed by atoms with Crippen LogP contribution in [0.5, 0.6) is 0 Å². The van der Waals surface area contributed by atoms with Crippen molar-refractivity contribution < 1.29 is 0 Å². The summed E-state index contributed by atoms with van der Waals surface area (Å²) in [6.45, 7) is 40.4. The number of fused-ring (bicyclic) bond motifs is 4. The van der Waals surface area contributed by atoms with Crippen molar-refractivity contribution in [3.05, 3.63) is 202 Å². The third-order valence-corrected chi connectivity index (χ3v) is 12.6. The van der Waals surface area contributed by atoms with Crippen molar-refractivity contribution in [3.63, 3.8) is 0 Å². The monoisotopic (exact) mass is 1250 g/mol. The molecule has 13 aromatic rings. The van der Waals surface area contributed by atoms with Crippen LogP contribution in [0.15, 0.2) is 191 Å². The first-order valence-corrected chi connectivity index (χ1v) is 31.3. The van der Waals surface area contributed by atoms with Crippen LogP contribution in [-0.2, 0) is 0 Å². The molecule has 0 spiro atoms. The molecule has 488 valence electrons. The van der Waals surface area contributed by atoms with Crippen LogP contribution in [0.4, 0.5) is 0 Å². The number of nitrogens with zero attached hydrogens (tertiary/aromatic N) is 23. The highest BCUT2D eigenvalue weighted by Crippen LogP contribution is 2.18. The van der Waals surface area contributed by atoms with E-state index in [9.17, 15) is 0 Å². The fraction of sp³-hybridized carbons (Fsp3) is 0.406. The number of benzene rings is 2. The summed E-state index contributed by atoms with van der Waals surface area (Å²) >= 11 is 0. The first kappa shape index (κ1) is 74.5. The molecule has 0 radical (unpaired) electrons.